The summed E-state index contributed by atoms with van der Waals surface area (Å²) in [7, 11) is 2.10. The van der Waals surface area contributed by atoms with Crippen LogP contribution < -0.4 is 10.6 Å². The normalized spacial score (nSPS) is 10.7. The summed E-state index contributed by atoms with van der Waals surface area (Å²) in [6.07, 6.45) is 0. The Morgan fingerprint density at radius 2 is 2.06 bits per heavy atom. The molecule has 0 radical (unpaired) electrons. The highest BCUT2D eigenvalue weighted by Crippen LogP contribution is 2.26. The van der Waals surface area contributed by atoms with Crippen molar-refractivity contribution in [2.45, 2.75) is 20.0 Å². The first-order chi connectivity index (χ1) is 8.60. The van der Waals surface area contributed by atoms with Gasteiger partial charge in [0.1, 0.15) is 0 Å². The Morgan fingerprint density at radius 1 is 1.28 bits per heavy atom. The van der Waals surface area contributed by atoms with Gasteiger partial charge in [-0.1, -0.05) is 23.7 Å². The van der Waals surface area contributed by atoms with Crippen molar-refractivity contribution in [1.29, 1.82) is 0 Å². The molecule has 0 atom stereocenters. The third-order valence-corrected chi connectivity index (χ3v) is 4.15. The largest absolute Gasteiger partial charge is 0.369 e. The molecule has 1 aromatic heterocycles. The fourth-order valence-corrected chi connectivity index (χ4v) is 3.17. The molecule has 0 unspecified atom stereocenters. The molecule has 4 heteroatoms. The van der Waals surface area contributed by atoms with Gasteiger partial charge < -0.3 is 10.6 Å². The van der Waals surface area contributed by atoms with Gasteiger partial charge in [0.2, 0.25) is 0 Å². The molecule has 2 N–H and O–H groups in total. The monoisotopic (exact) mass is 280 g/mol. The SMILES string of the molecule is Cc1cc(CN)ccc1N(C)Cc1ccc(Cl)s1. The van der Waals surface area contributed by atoms with E-state index in [2.05, 4.69) is 43.1 Å². The average Bonchev–Trinajstić information content (AvgIpc) is 2.74. The van der Waals surface area contributed by atoms with Gasteiger partial charge in [-0.05, 0) is 36.2 Å². The van der Waals surface area contributed by atoms with Gasteiger partial charge >= 0.3 is 0 Å². The fraction of sp³-hybridized carbons (Fsp3) is 0.286. The van der Waals surface area contributed by atoms with Gasteiger partial charge in [-0.3, -0.25) is 0 Å². The first kappa shape index (κ1) is 13.4. The number of thiophene rings is 1. The molecule has 0 fully saturated rings. The van der Waals surface area contributed by atoms with Crippen molar-refractivity contribution in [3.8, 4) is 0 Å². The lowest BCUT2D eigenvalue weighted by Crippen LogP contribution is -2.16. The Hall–Kier alpha value is -1.03. The Labute approximate surface area is 117 Å². The average molecular weight is 281 g/mol. The smallest absolute Gasteiger partial charge is 0.0931 e. The molecule has 2 aromatic rings. The van der Waals surface area contributed by atoms with E-state index in [0.29, 0.717) is 6.54 Å². The summed E-state index contributed by atoms with van der Waals surface area (Å²) in [5.41, 5.74) is 9.30. The molecule has 0 bridgehead atoms. The second-order valence-corrected chi connectivity index (χ2v) is 6.19. The van der Waals surface area contributed by atoms with Crippen LogP contribution in [0.25, 0.3) is 0 Å². The van der Waals surface area contributed by atoms with Crippen LogP contribution in [0.3, 0.4) is 0 Å². The van der Waals surface area contributed by atoms with E-state index < -0.39 is 0 Å². The second kappa shape index (κ2) is 5.74. The Morgan fingerprint density at radius 3 is 2.61 bits per heavy atom. The van der Waals surface area contributed by atoms with Crippen molar-refractivity contribution in [3.05, 3.63) is 50.7 Å². The van der Waals surface area contributed by atoms with E-state index in [-0.39, 0.29) is 0 Å². The number of nitrogens with zero attached hydrogens (tertiary/aromatic N) is 1. The van der Waals surface area contributed by atoms with Gasteiger partial charge in [0.25, 0.3) is 0 Å². The third-order valence-electron chi connectivity index (χ3n) is 2.93. The molecule has 0 saturated carbocycles. The lowest BCUT2D eigenvalue weighted by atomic mass is 10.1. The van der Waals surface area contributed by atoms with Gasteiger partial charge in [0, 0.05) is 24.2 Å². The molecule has 1 aromatic carbocycles. The van der Waals surface area contributed by atoms with Crippen LogP contribution in [-0.4, -0.2) is 7.05 Å². The van der Waals surface area contributed by atoms with E-state index in [4.69, 9.17) is 17.3 Å². The molecule has 96 valence electrons. The van der Waals surface area contributed by atoms with E-state index in [1.54, 1.807) is 11.3 Å². The van der Waals surface area contributed by atoms with Crippen molar-refractivity contribution < 1.29 is 0 Å². The molecule has 0 aliphatic carbocycles. The van der Waals surface area contributed by atoms with E-state index >= 15 is 0 Å². The fourth-order valence-electron chi connectivity index (χ4n) is 2.03. The molecule has 0 aliphatic heterocycles. The van der Waals surface area contributed by atoms with Gasteiger partial charge in [-0.2, -0.15) is 0 Å². The number of hydrogen-bond acceptors (Lipinski definition) is 3. The number of nitrogens with two attached hydrogens (primary N) is 1. The van der Waals surface area contributed by atoms with Crippen molar-refractivity contribution in [2.75, 3.05) is 11.9 Å². The number of aryl methyl sites for hydroxylation is 1. The van der Waals surface area contributed by atoms with Crippen LogP contribution in [-0.2, 0) is 13.1 Å². The van der Waals surface area contributed by atoms with Crippen LogP contribution in [0.15, 0.2) is 30.3 Å². The minimum Gasteiger partial charge on any atom is -0.369 e. The molecule has 18 heavy (non-hydrogen) atoms. The van der Waals surface area contributed by atoms with Gasteiger partial charge in [-0.25, -0.2) is 0 Å². The van der Waals surface area contributed by atoms with Crippen LogP contribution in [0.4, 0.5) is 5.69 Å². The van der Waals surface area contributed by atoms with Crippen molar-refractivity contribution in [1.82, 2.24) is 0 Å². The molecule has 0 amide bonds. The van der Waals surface area contributed by atoms with Gasteiger partial charge in [0.05, 0.1) is 10.9 Å². The summed E-state index contributed by atoms with van der Waals surface area (Å²) < 4.78 is 0.841. The number of hydrogen-bond donors (Lipinski definition) is 1. The zero-order valence-corrected chi connectivity index (χ0v) is 12.2. The van der Waals surface area contributed by atoms with Crippen molar-refractivity contribution >= 4 is 28.6 Å². The third kappa shape index (κ3) is 3.05. The Balaban J connectivity index is 2.15. The lowest BCUT2D eigenvalue weighted by Gasteiger charge is -2.21. The standard InChI is InChI=1S/C14H17ClN2S/c1-10-7-11(8-16)3-5-13(10)17(2)9-12-4-6-14(15)18-12/h3-7H,8-9,16H2,1-2H3. The van der Waals surface area contributed by atoms with Crippen LogP contribution in [0, 0.1) is 6.92 Å². The number of halogens is 1. The minimum absolute atomic E-state index is 0.589. The zero-order chi connectivity index (χ0) is 13.1. The van der Waals surface area contributed by atoms with E-state index in [9.17, 15) is 0 Å². The van der Waals surface area contributed by atoms with Crippen LogP contribution in [0.1, 0.15) is 16.0 Å². The Bertz CT molecular complexity index is 536. The first-order valence-corrected chi connectivity index (χ1v) is 7.04. The highest BCUT2D eigenvalue weighted by atomic mass is 35.5. The van der Waals surface area contributed by atoms with E-state index in [1.807, 2.05) is 6.07 Å². The zero-order valence-electron chi connectivity index (χ0n) is 10.6. The van der Waals surface area contributed by atoms with Crippen molar-refractivity contribution in [2.24, 2.45) is 5.73 Å². The Kier molecular flexibility index (Phi) is 4.27. The topological polar surface area (TPSA) is 29.3 Å². The lowest BCUT2D eigenvalue weighted by molar-refractivity contribution is 0.931. The van der Waals surface area contributed by atoms with Crippen LogP contribution in [0.2, 0.25) is 4.34 Å². The summed E-state index contributed by atoms with van der Waals surface area (Å²) in [5, 5.41) is 0. The maximum atomic E-state index is 5.95. The van der Waals surface area contributed by atoms with Gasteiger partial charge in [-0.15, -0.1) is 11.3 Å². The summed E-state index contributed by atoms with van der Waals surface area (Å²) >= 11 is 7.57. The predicted molar refractivity (Wildman–Crippen MR) is 80.5 cm³/mol. The first-order valence-electron chi connectivity index (χ1n) is 5.85. The predicted octanol–water partition coefficient (Wildman–Crippen LogP) is 3.81. The molecular weight excluding hydrogens is 264 g/mol. The molecule has 0 saturated heterocycles. The summed E-state index contributed by atoms with van der Waals surface area (Å²) in [6.45, 7) is 3.58. The van der Waals surface area contributed by atoms with Crippen LogP contribution in [0.5, 0.6) is 0 Å². The van der Waals surface area contributed by atoms with Gasteiger partial charge in [0.15, 0.2) is 0 Å². The van der Waals surface area contributed by atoms with E-state index in [1.165, 1.54) is 21.7 Å². The van der Waals surface area contributed by atoms with E-state index in [0.717, 1.165) is 10.9 Å². The number of anilines is 1. The van der Waals surface area contributed by atoms with Crippen LogP contribution >= 0.6 is 22.9 Å². The molecule has 0 aliphatic rings. The highest BCUT2D eigenvalue weighted by molar-refractivity contribution is 7.16. The molecule has 1 heterocycles. The maximum Gasteiger partial charge on any atom is 0.0931 e. The molecular formula is C14H17ClN2S. The molecule has 2 nitrogen and oxygen atoms in total. The quantitative estimate of drug-likeness (QED) is 0.923. The van der Waals surface area contributed by atoms with Crippen molar-refractivity contribution in [3.63, 3.8) is 0 Å². The second-order valence-electron chi connectivity index (χ2n) is 4.39. The minimum atomic E-state index is 0.589. The maximum absolute atomic E-state index is 5.95. The summed E-state index contributed by atoms with van der Waals surface area (Å²) in [5.74, 6) is 0. The summed E-state index contributed by atoms with van der Waals surface area (Å²) in [4.78, 5) is 3.50. The molecule has 0 spiro atoms. The molecule has 2 rings (SSSR count). The highest BCUT2D eigenvalue weighted by Gasteiger charge is 2.07. The summed E-state index contributed by atoms with van der Waals surface area (Å²) in [6, 6.07) is 10.4. The number of rotatable bonds is 4. The number of benzene rings is 1.